The van der Waals surface area contributed by atoms with Crippen LogP contribution in [0.25, 0.3) is 11.1 Å². The van der Waals surface area contributed by atoms with Crippen molar-refractivity contribution in [3.05, 3.63) is 52.5 Å². The maximum atomic E-state index is 13.1. The van der Waals surface area contributed by atoms with Crippen molar-refractivity contribution in [3.63, 3.8) is 0 Å². The van der Waals surface area contributed by atoms with Crippen LogP contribution in [-0.2, 0) is 21.9 Å². The first-order chi connectivity index (χ1) is 15.7. The molecule has 176 valence electrons. The van der Waals surface area contributed by atoms with Gasteiger partial charge in [0.1, 0.15) is 5.75 Å². The summed E-state index contributed by atoms with van der Waals surface area (Å²) in [7, 11) is -0.603. The molecule has 1 aromatic heterocycles. The lowest BCUT2D eigenvalue weighted by Crippen LogP contribution is -2.39. The third kappa shape index (κ3) is 4.67. The molecular weight excluding hydrogens is 446 g/mol. The standard InChI is InChI=1S/C23H27N3O6S/c1-15-4-7-20(31-3)18(12-15)24-22(27)13-16-8-10-26(11-9-16)33(29,30)17-5-6-19-21(14-17)32-23(28)25(19)2/h4-7,12,14,16H,8-11,13H2,1-3H3,(H,24,27). The van der Waals surface area contributed by atoms with E-state index in [0.717, 1.165) is 5.56 Å². The van der Waals surface area contributed by atoms with Crippen molar-refractivity contribution < 1.29 is 22.4 Å². The molecule has 33 heavy (non-hydrogen) atoms. The van der Waals surface area contributed by atoms with Crippen molar-refractivity contribution in [2.75, 3.05) is 25.5 Å². The third-order valence-corrected chi connectivity index (χ3v) is 7.97. The van der Waals surface area contributed by atoms with Crippen LogP contribution in [0.3, 0.4) is 0 Å². The van der Waals surface area contributed by atoms with Gasteiger partial charge in [0.05, 0.1) is 23.2 Å². The molecular formula is C23H27N3O6S. The van der Waals surface area contributed by atoms with Crippen molar-refractivity contribution >= 4 is 32.7 Å². The van der Waals surface area contributed by atoms with E-state index in [1.54, 1.807) is 20.2 Å². The Morgan fingerprint density at radius 2 is 1.91 bits per heavy atom. The average molecular weight is 474 g/mol. The van der Waals surface area contributed by atoms with Gasteiger partial charge < -0.3 is 14.5 Å². The number of oxazole rings is 1. The van der Waals surface area contributed by atoms with Gasteiger partial charge >= 0.3 is 5.76 Å². The first-order valence-corrected chi connectivity index (χ1v) is 12.2. The SMILES string of the molecule is COc1ccc(C)cc1NC(=O)CC1CCN(S(=O)(=O)c2ccc3c(c2)oc(=O)n3C)CC1. The molecule has 1 fully saturated rings. The number of fused-ring (bicyclic) bond motifs is 1. The quantitative estimate of drug-likeness (QED) is 0.589. The highest BCUT2D eigenvalue weighted by Crippen LogP contribution is 2.29. The molecule has 1 aliphatic rings. The highest BCUT2D eigenvalue weighted by Gasteiger charge is 2.31. The number of anilines is 1. The molecule has 1 N–H and O–H groups in total. The van der Waals surface area contributed by atoms with Gasteiger partial charge in [0.25, 0.3) is 0 Å². The summed E-state index contributed by atoms with van der Waals surface area (Å²) in [6, 6.07) is 10.0. The topological polar surface area (TPSA) is 111 Å². The van der Waals surface area contributed by atoms with Crippen molar-refractivity contribution in [2.45, 2.75) is 31.1 Å². The number of piperidine rings is 1. The molecule has 10 heteroatoms. The van der Waals surface area contributed by atoms with Crippen LogP contribution in [0.2, 0.25) is 0 Å². The number of methoxy groups -OCH3 is 1. The molecule has 2 aromatic carbocycles. The number of carbonyl (C=O) groups is 1. The zero-order valence-corrected chi connectivity index (χ0v) is 19.6. The van der Waals surface area contributed by atoms with E-state index in [9.17, 15) is 18.0 Å². The van der Waals surface area contributed by atoms with Crippen molar-refractivity contribution in [2.24, 2.45) is 13.0 Å². The smallest absolute Gasteiger partial charge is 0.419 e. The zero-order chi connectivity index (χ0) is 23.8. The van der Waals surface area contributed by atoms with E-state index < -0.39 is 15.8 Å². The molecule has 4 rings (SSSR count). The number of aromatic nitrogens is 1. The maximum absolute atomic E-state index is 13.1. The molecule has 0 saturated carbocycles. The van der Waals surface area contributed by atoms with E-state index >= 15 is 0 Å². The largest absolute Gasteiger partial charge is 0.495 e. The second-order valence-corrected chi connectivity index (χ2v) is 10.3. The minimum atomic E-state index is -3.73. The van der Waals surface area contributed by atoms with Gasteiger partial charge in [-0.15, -0.1) is 0 Å². The monoisotopic (exact) mass is 473 g/mol. The minimum Gasteiger partial charge on any atom is -0.495 e. The molecule has 0 aliphatic carbocycles. The molecule has 1 amide bonds. The van der Waals surface area contributed by atoms with Crippen LogP contribution in [0, 0.1) is 12.8 Å². The molecule has 2 heterocycles. The normalized spacial score (nSPS) is 15.6. The highest BCUT2D eigenvalue weighted by molar-refractivity contribution is 7.89. The molecule has 1 saturated heterocycles. The fraction of sp³-hybridized carbons (Fsp3) is 0.391. The van der Waals surface area contributed by atoms with Crippen molar-refractivity contribution in [1.29, 1.82) is 0 Å². The Morgan fingerprint density at radius 1 is 1.18 bits per heavy atom. The fourth-order valence-corrected chi connectivity index (χ4v) is 5.65. The summed E-state index contributed by atoms with van der Waals surface area (Å²) >= 11 is 0. The Kier molecular flexibility index (Phi) is 6.31. The highest BCUT2D eigenvalue weighted by atomic mass is 32.2. The lowest BCUT2D eigenvalue weighted by molar-refractivity contribution is -0.117. The van der Waals surface area contributed by atoms with Crippen LogP contribution in [-0.4, -0.2) is 43.4 Å². The van der Waals surface area contributed by atoms with Crippen molar-refractivity contribution in [1.82, 2.24) is 8.87 Å². The third-order valence-electron chi connectivity index (χ3n) is 6.08. The van der Waals surface area contributed by atoms with Gasteiger partial charge in [0.2, 0.25) is 15.9 Å². The summed E-state index contributed by atoms with van der Waals surface area (Å²) in [6.07, 6.45) is 1.48. The summed E-state index contributed by atoms with van der Waals surface area (Å²) in [5.41, 5.74) is 2.42. The summed E-state index contributed by atoms with van der Waals surface area (Å²) in [5.74, 6) is 0.0228. The van der Waals surface area contributed by atoms with Crippen LogP contribution in [0.15, 0.2) is 50.5 Å². The molecule has 9 nitrogen and oxygen atoms in total. The Bertz CT molecular complexity index is 1350. The second-order valence-electron chi connectivity index (χ2n) is 8.36. The minimum absolute atomic E-state index is 0.0851. The molecule has 0 unspecified atom stereocenters. The Balaban J connectivity index is 1.39. The number of nitrogens with zero attached hydrogens (tertiary/aromatic N) is 2. The van der Waals surface area contributed by atoms with Gasteiger partial charge in [-0.1, -0.05) is 6.07 Å². The van der Waals surface area contributed by atoms with Gasteiger partial charge in [0, 0.05) is 32.6 Å². The van der Waals surface area contributed by atoms with Gasteiger partial charge in [-0.3, -0.25) is 9.36 Å². The Hall–Kier alpha value is -3.11. The van der Waals surface area contributed by atoms with Gasteiger partial charge in [0.15, 0.2) is 5.58 Å². The summed E-state index contributed by atoms with van der Waals surface area (Å²) in [4.78, 5) is 24.4. The summed E-state index contributed by atoms with van der Waals surface area (Å²) in [5, 5.41) is 2.91. The number of sulfonamides is 1. The Labute approximate surface area is 192 Å². The zero-order valence-electron chi connectivity index (χ0n) is 18.8. The van der Waals surface area contributed by atoms with E-state index in [4.69, 9.17) is 9.15 Å². The number of amides is 1. The number of carbonyl (C=O) groups excluding carboxylic acids is 1. The van der Waals surface area contributed by atoms with E-state index in [1.807, 2.05) is 25.1 Å². The molecule has 0 radical (unpaired) electrons. The number of benzene rings is 2. The Morgan fingerprint density at radius 3 is 2.61 bits per heavy atom. The van der Waals surface area contributed by atoms with Crippen LogP contribution < -0.4 is 15.8 Å². The van der Waals surface area contributed by atoms with E-state index in [0.29, 0.717) is 49.3 Å². The van der Waals surface area contributed by atoms with Crippen LogP contribution in [0.1, 0.15) is 24.8 Å². The second kappa shape index (κ2) is 9.03. The summed E-state index contributed by atoms with van der Waals surface area (Å²) in [6.45, 7) is 2.59. The number of ether oxygens (including phenoxy) is 1. The molecule has 0 spiro atoms. The molecule has 0 atom stereocenters. The molecule has 0 bridgehead atoms. The van der Waals surface area contributed by atoms with Crippen LogP contribution >= 0.6 is 0 Å². The first-order valence-electron chi connectivity index (χ1n) is 10.7. The molecule has 1 aliphatic heterocycles. The van der Waals surface area contributed by atoms with Crippen molar-refractivity contribution in [3.8, 4) is 5.75 Å². The lowest BCUT2D eigenvalue weighted by Gasteiger charge is -2.31. The predicted octanol–water partition coefficient (Wildman–Crippen LogP) is 2.88. The number of hydrogen-bond acceptors (Lipinski definition) is 6. The number of rotatable bonds is 6. The first kappa shape index (κ1) is 23.1. The van der Waals surface area contributed by atoms with Gasteiger partial charge in [-0.05, 0) is 55.5 Å². The van der Waals surface area contributed by atoms with Gasteiger partial charge in [-0.25, -0.2) is 13.2 Å². The maximum Gasteiger partial charge on any atom is 0.419 e. The van der Waals surface area contributed by atoms with E-state index in [1.165, 1.54) is 21.0 Å². The molecule has 3 aromatic rings. The van der Waals surface area contributed by atoms with E-state index in [-0.39, 0.29) is 22.3 Å². The number of nitrogens with one attached hydrogen (secondary N) is 1. The van der Waals surface area contributed by atoms with Gasteiger partial charge in [-0.2, -0.15) is 4.31 Å². The fourth-order valence-electron chi connectivity index (χ4n) is 4.16. The number of hydrogen-bond donors (Lipinski definition) is 1. The van der Waals surface area contributed by atoms with Crippen LogP contribution in [0.5, 0.6) is 5.75 Å². The van der Waals surface area contributed by atoms with E-state index in [2.05, 4.69) is 5.32 Å². The van der Waals surface area contributed by atoms with Crippen LogP contribution in [0.4, 0.5) is 5.69 Å². The predicted molar refractivity (Wildman–Crippen MR) is 124 cm³/mol. The summed E-state index contributed by atoms with van der Waals surface area (Å²) < 4.78 is 39.4. The average Bonchev–Trinajstić information content (AvgIpc) is 3.07. The lowest BCUT2D eigenvalue weighted by atomic mass is 9.94. The number of aryl methyl sites for hydroxylation is 2.